The van der Waals surface area contributed by atoms with Crippen LogP contribution in [0.1, 0.15) is 50.3 Å². The molecule has 0 saturated carbocycles. The summed E-state index contributed by atoms with van der Waals surface area (Å²) in [6, 6.07) is 22.6. The zero-order valence-electron chi connectivity index (χ0n) is 28.7. The van der Waals surface area contributed by atoms with Crippen LogP contribution in [0.25, 0.3) is 10.8 Å². The van der Waals surface area contributed by atoms with E-state index in [9.17, 15) is 19.6 Å². The molecule has 0 aliphatic heterocycles. The van der Waals surface area contributed by atoms with E-state index >= 15 is 0 Å². The van der Waals surface area contributed by atoms with E-state index in [1.165, 1.54) is 0 Å². The fourth-order valence-corrected chi connectivity index (χ4v) is 6.40. The highest BCUT2D eigenvalue weighted by Gasteiger charge is 2.32. The van der Waals surface area contributed by atoms with Gasteiger partial charge in [0, 0.05) is 20.0 Å². The number of aromatic nitrogens is 2. The summed E-state index contributed by atoms with van der Waals surface area (Å²) in [7, 11) is 0. The average Bonchev–Trinajstić information content (AvgIpc) is 3.56. The van der Waals surface area contributed by atoms with Crippen LogP contribution in [0.15, 0.2) is 79.3 Å². The molecule has 0 bridgehead atoms. The second-order valence-corrected chi connectivity index (χ2v) is 13.4. The number of rotatable bonds is 18. The fourth-order valence-electron chi connectivity index (χ4n) is 5.91. The number of Topliss-reactive ketones (excluding diaryl/α,β-unsaturated/α-hetero) is 1. The van der Waals surface area contributed by atoms with Gasteiger partial charge < -0.3 is 15.0 Å². The lowest BCUT2D eigenvalue weighted by Crippen LogP contribution is -2.51. The Morgan fingerprint density at radius 1 is 1.08 bits per heavy atom. The maximum absolute atomic E-state index is 13.5. The molecular formula is C38H46N6O4S. The average molecular weight is 683 g/mol. The number of anilines is 1. The molecule has 1 heterocycles. The molecule has 0 aliphatic rings. The van der Waals surface area contributed by atoms with Gasteiger partial charge in [-0.3, -0.25) is 24.2 Å². The minimum absolute atomic E-state index is 0.0136. The number of nitriles is 1. The number of carbonyl (C=O) groups is 3. The van der Waals surface area contributed by atoms with Gasteiger partial charge in [-0.15, -0.1) is 0 Å². The zero-order chi connectivity index (χ0) is 35.3. The van der Waals surface area contributed by atoms with E-state index in [-0.39, 0.29) is 36.8 Å². The summed E-state index contributed by atoms with van der Waals surface area (Å²) in [5.74, 6) is 0.439. The number of fused-ring (bicyclic) bond motifs is 1. The Hall–Kier alpha value is -4.50. The van der Waals surface area contributed by atoms with Gasteiger partial charge in [-0.05, 0) is 58.4 Å². The quantitative estimate of drug-likeness (QED) is 0.137. The SMILES string of the molecule is CC[C@H](C)[C@@H](CN(CC(=O)COC(=O)[C@@H](N)CCSC)Cc1cccc2ccccc12)N(C(C)=O)c1cncn1Cc1ccc(C#N)cc1. The number of hydrogen-bond acceptors (Lipinski definition) is 9. The lowest BCUT2D eigenvalue weighted by Gasteiger charge is -2.38. The lowest BCUT2D eigenvalue weighted by molar-refractivity contribution is -0.149. The number of ketones is 1. The molecule has 258 valence electrons. The van der Waals surface area contributed by atoms with E-state index in [0.29, 0.717) is 37.4 Å². The van der Waals surface area contributed by atoms with Crippen LogP contribution in [0.3, 0.4) is 0 Å². The van der Waals surface area contributed by atoms with Crippen molar-refractivity contribution in [1.82, 2.24) is 14.5 Å². The van der Waals surface area contributed by atoms with Crippen molar-refractivity contribution in [2.24, 2.45) is 11.7 Å². The molecular weight excluding hydrogens is 637 g/mol. The number of benzene rings is 3. The van der Waals surface area contributed by atoms with Gasteiger partial charge in [0.2, 0.25) is 5.91 Å². The Balaban J connectivity index is 1.64. The Labute approximate surface area is 293 Å². The number of nitrogens with two attached hydrogens (primary N) is 1. The van der Waals surface area contributed by atoms with Crippen molar-refractivity contribution in [3.8, 4) is 6.07 Å². The second kappa shape index (κ2) is 18.3. The number of ether oxygens (including phenoxy) is 1. The summed E-state index contributed by atoms with van der Waals surface area (Å²) >= 11 is 1.59. The van der Waals surface area contributed by atoms with E-state index in [2.05, 4.69) is 49.2 Å². The van der Waals surface area contributed by atoms with Crippen LogP contribution in [0, 0.1) is 17.2 Å². The minimum Gasteiger partial charge on any atom is -0.456 e. The smallest absolute Gasteiger partial charge is 0.323 e. The number of thioether (sulfide) groups is 1. The summed E-state index contributed by atoms with van der Waals surface area (Å²) in [5.41, 5.74) is 8.56. The van der Waals surface area contributed by atoms with E-state index in [1.807, 2.05) is 46.1 Å². The summed E-state index contributed by atoms with van der Waals surface area (Å²) in [6.45, 7) is 6.67. The van der Waals surface area contributed by atoms with Crippen LogP contribution in [0.4, 0.5) is 5.82 Å². The molecule has 4 aromatic rings. The molecule has 3 aromatic carbocycles. The Morgan fingerprint density at radius 2 is 1.82 bits per heavy atom. The number of hydrogen-bond donors (Lipinski definition) is 1. The largest absolute Gasteiger partial charge is 0.456 e. The zero-order valence-corrected chi connectivity index (χ0v) is 29.6. The van der Waals surface area contributed by atoms with Crippen LogP contribution in [0.5, 0.6) is 0 Å². The number of amides is 1. The van der Waals surface area contributed by atoms with Crippen molar-refractivity contribution in [2.45, 2.75) is 58.8 Å². The topological polar surface area (TPSA) is 135 Å². The first-order valence-electron chi connectivity index (χ1n) is 16.6. The second-order valence-electron chi connectivity index (χ2n) is 12.4. The van der Waals surface area contributed by atoms with E-state index < -0.39 is 12.0 Å². The molecule has 0 fully saturated rings. The molecule has 49 heavy (non-hydrogen) atoms. The third-order valence-electron chi connectivity index (χ3n) is 8.78. The summed E-state index contributed by atoms with van der Waals surface area (Å²) in [6.07, 6.45) is 6.60. The maximum Gasteiger partial charge on any atom is 0.323 e. The number of nitrogens with zero attached hydrogens (tertiary/aromatic N) is 5. The van der Waals surface area contributed by atoms with Crippen molar-refractivity contribution in [2.75, 3.05) is 36.6 Å². The van der Waals surface area contributed by atoms with Gasteiger partial charge in [-0.1, -0.05) is 74.9 Å². The summed E-state index contributed by atoms with van der Waals surface area (Å²) in [4.78, 5) is 47.7. The van der Waals surface area contributed by atoms with Crippen LogP contribution in [-0.4, -0.2) is 75.9 Å². The highest BCUT2D eigenvalue weighted by molar-refractivity contribution is 7.98. The van der Waals surface area contributed by atoms with Gasteiger partial charge in [0.15, 0.2) is 12.4 Å². The summed E-state index contributed by atoms with van der Waals surface area (Å²) < 4.78 is 7.27. The molecule has 0 unspecified atom stereocenters. The van der Waals surface area contributed by atoms with Crippen molar-refractivity contribution in [1.29, 1.82) is 5.26 Å². The number of carbonyl (C=O) groups excluding carboxylic acids is 3. The molecule has 1 aromatic heterocycles. The van der Waals surface area contributed by atoms with Crippen molar-refractivity contribution >= 4 is 46.0 Å². The van der Waals surface area contributed by atoms with Crippen molar-refractivity contribution in [3.63, 3.8) is 0 Å². The number of esters is 1. The first-order chi connectivity index (χ1) is 23.6. The molecule has 2 N–H and O–H groups in total. The van der Waals surface area contributed by atoms with Gasteiger partial charge in [0.25, 0.3) is 0 Å². The maximum atomic E-state index is 13.5. The Morgan fingerprint density at radius 3 is 2.51 bits per heavy atom. The molecule has 4 rings (SSSR count). The van der Waals surface area contributed by atoms with E-state index in [1.54, 1.807) is 48.2 Å². The molecule has 0 aliphatic carbocycles. The van der Waals surface area contributed by atoms with Gasteiger partial charge in [0.1, 0.15) is 11.9 Å². The van der Waals surface area contributed by atoms with Crippen LogP contribution >= 0.6 is 11.8 Å². The normalized spacial score (nSPS) is 13.1. The van der Waals surface area contributed by atoms with E-state index in [0.717, 1.165) is 34.1 Å². The molecule has 0 radical (unpaired) electrons. The molecule has 11 heteroatoms. The molecule has 1 amide bonds. The minimum atomic E-state index is -0.778. The van der Waals surface area contributed by atoms with E-state index in [4.69, 9.17) is 10.5 Å². The Kier molecular flexibility index (Phi) is 13.9. The third kappa shape index (κ3) is 10.2. The molecule has 3 atom stereocenters. The highest BCUT2D eigenvalue weighted by Crippen LogP contribution is 2.27. The first-order valence-corrected chi connectivity index (χ1v) is 17.9. The monoisotopic (exact) mass is 682 g/mol. The van der Waals surface area contributed by atoms with Gasteiger partial charge in [0.05, 0.1) is 43.3 Å². The van der Waals surface area contributed by atoms with Crippen LogP contribution in [0.2, 0.25) is 0 Å². The standard InChI is InChI=1S/C38H46N6O4S/c1-5-27(2)36(44(28(3)45)37-20-41-26-43(37)21-30-15-13-29(19-39)14-16-30)24-42(22-32-11-8-10-31-9-6-7-12-34(31)32)23-33(46)25-48-38(47)35(40)17-18-49-4/h6-16,20,26-27,35-36H,5,17-18,21-25,40H2,1-4H3/t27-,35-,36+/m0/s1. The highest BCUT2D eigenvalue weighted by atomic mass is 32.2. The van der Waals surface area contributed by atoms with Gasteiger partial charge in [-0.25, -0.2) is 4.98 Å². The third-order valence-corrected chi connectivity index (χ3v) is 9.42. The Bertz CT molecular complexity index is 1750. The van der Waals surface area contributed by atoms with Gasteiger partial charge in [-0.2, -0.15) is 17.0 Å². The molecule has 0 spiro atoms. The predicted molar refractivity (Wildman–Crippen MR) is 195 cm³/mol. The lowest BCUT2D eigenvalue weighted by atomic mass is 9.96. The molecule has 10 nitrogen and oxygen atoms in total. The van der Waals surface area contributed by atoms with Crippen LogP contribution in [-0.2, 0) is 32.2 Å². The van der Waals surface area contributed by atoms with Crippen molar-refractivity contribution in [3.05, 3.63) is 95.9 Å². The molecule has 0 saturated heterocycles. The first kappa shape index (κ1) is 37.3. The fraction of sp³-hybridized carbons (Fsp3) is 0.395. The predicted octanol–water partition coefficient (Wildman–Crippen LogP) is 5.42. The number of imidazole rings is 1. The van der Waals surface area contributed by atoms with Gasteiger partial charge >= 0.3 is 5.97 Å². The van der Waals surface area contributed by atoms with Crippen LogP contribution < -0.4 is 10.6 Å². The van der Waals surface area contributed by atoms with Crippen molar-refractivity contribution < 1.29 is 19.1 Å². The summed E-state index contributed by atoms with van der Waals surface area (Å²) in [5, 5.41) is 11.4.